The Balaban J connectivity index is 1.68. The van der Waals surface area contributed by atoms with Crippen LogP contribution < -0.4 is 10.6 Å². The molecule has 1 fully saturated rings. The highest BCUT2D eigenvalue weighted by Crippen LogP contribution is 2.17. The van der Waals surface area contributed by atoms with E-state index in [9.17, 15) is 4.79 Å². The normalized spacial score (nSPS) is 19.6. The Morgan fingerprint density at radius 2 is 2.00 bits per heavy atom. The van der Waals surface area contributed by atoms with Crippen molar-refractivity contribution in [1.82, 2.24) is 10.6 Å². The summed E-state index contributed by atoms with van der Waals surface area (Å²) in [5, 5.41) is 6.37. The summed E-state index contributed by atoms with van der Waals surface area (Å²) in [5.74, 6) is 0.0385. The van der Waals surface area contributed by atoms with Gasteiger partial charge in [0.25, 0.3) is 5.91 Å². The number of amides is 1. The van der Waals surface area contributed by atoms with E-state index in [0.29, 0.717) is 0 Å². The summed E-state index contributed by atoms with van der Waals surface area (Å²) in [6.07, 6.45) is 1.83. The summed E-state index contributed by atoms with van der Waals surface area (Å²) in [6.45, 7) is 3.28. The zero-order valence-corrected chi connectivity index (χ0v) is 10.4. The van der Waals surface area contributed by atoms with Crippen molar-refractivity contribution < 1.29 is 9.53 Å². The molecule has 0 atom stereocenters. The molecular weight excluding hydrogens is 228 g/mol. The Kier molecular flexibility index (Phi) is 3.30. The SMILES string of the molecule is O=C(NC1CCOCC1)c1ccc2c(c1)CNC2. The maximum atomic E-state index is 12.1. The van der Waals surface area contributed by atoms with Crippen molar-refractivity contribution in [3.05, 3.63) is 34.9 Å². The van der Waals surface area contributed by atoms with E-state index in [0.717, 1.165) is 44.7 Å². The highest BCUT2D eigenvalue weighted by molar-refractivity contribution is 5.94. The van der Waals surface area contributed by atoms with Gasteiger partial charge in [0.05, 0.1) is 0 Å². The molecule has 1 saturated heterocycles. The van der Waals surface area contributed by atoms with Gasteiger partial charge in [0.15, 0.2) is 0 Å². The minimum absolute atomic E-state index is 0.0385. The Morgan fingerprint density at radius 3 is 2.83 bits per heavy atom. The molecule has 0 bridgehead atoms. The van der Waals surface area contributed by atoms with Crippen molar-refractivity contribution in [2.24, 2.45) is 0 Å². The largest absolute Gasteiger partial charge is 0.381 e. The zero-order valence-electron chi connectivity index (χ0n) is 10.4. The summed E-state index contributed by atoms with van der Waals surface area (Å²) in [6, 6.07) is 6.23. The Labute approximate surface area is 107 Å². The summed E-state index contributed by atoms with van der Waals surface area (Å²) in [7, 11) is 0. The average Bonchev–Trinajstić information content (AvgIpc) is 2.87. The monoisotopic (exact) mass is 246 g/mol. The third kappa shape index (κ3) is 2.40. The Hall–Kier alpha value is -1.39. The molecule has 2 heterocycles. The molecule has 0 spiro atoms. The molecule has 0 aromatic heterocycles. The predicted octanol–water partition coefficient (Wildman–Crippen LogP) is 1.20. The van der Waals surface area contributed by atoms with E-state index in [2.05, 4.69) is 10.6 Å². The molecule has 0 saturated carbocycles. The van der Waals surface area contributed by atoms with Crippen LogP contribution >= 0.6 is 0 Å². The van der Waals surface area contributed by atoms with Crippen molar-refractivity contribution in [3.8, 4) is 0 Å². The van der Waals surface area contributed by atoms with Gasteiger partial charge in [0, 0.05) is 37.9 Å². The number of hydrogen-bond acceptors (Lipinski definition) is 3. The fourth-order valence-electron chi connectivity index (χ4n) is 2.55. The third-order valence-corrected chi connectivity index (χ3v) is 3.66. The van der Waals surface area contributed by atoms with Crippen molar-refractivity contribution >= 4 is 5.91 Å². The second-order valence-corrected chi connectivity index (χ2v) is 4.95. The first kappa shape index (κ1) is 11.7. The van der Waals surface area contributed by atoms with Gasteiger partial charge >= 0.3 is 0 Å². The lowest BCUT2D eigenvalue weighted by atomic mass is 10.0. The smallest absolute Gasteiger partial charge is 0.251 e. The van der Waals surface area contributed by atoms with Crippen molar-refractivity contribution in [2.45, 2.75) is 32.0 Å². The minimum Gasteiger partial charge on any atom is -0.381 e. The van der Waals surface area contributed by atoms with E-state index < -0.39 is 0 Å². The quantitative estimate of drug-likeness (QED) is 0.824. The highest BCUT2D eigenvalue weighted by Gasteiger charge is 2.18. The molecule has 1 aromatic rings. The molecule has 1 amide bonds. The van der Waals surface area contributed by atoms with Crippen LogP contribution in [0.4, 0.5) is 0 Å². The highest BCUT2D eigenvalue weighted by atomic mass is 16.5. The van der Waals surface area contributed by atoms with Crippen LogP contribution in [0.25, 0.3) is 0 Å². The average molecular weight is 246 g/mol. The Bertz CT molecular complexity index is 453. The number of hydrogen-bond donors (Lipinski definition) is 2. The summed E-state index contributed by atoms with van der Waals surface area (Å²) in [5.41, 5.74) is 3.32. The fourth-order valence-corrected chi connectivity index (χ4v) is 2.55. The van der Waals surface area contributed by atoms with Crippen molar-refractivity contribution in [1.29, 1.82) is 0 Å². The van der Waals surface area contributed by atoms with Gasteiger partial charge in [-0.15, -0.1) is 0 Å². The van der Waals surface area contributed by atoms with Gasteiger partial charge in [-0.2, -0.15) is 0 Å². The van der Waals surface area contributed by atoms with Gasteiger partial charge in [0.1, 0.15) is 0 Å². The van der Waals surface area contributed by atoms with Crippen LogP contribution in [0.2, 0.25) is 0 Å². The van der Waals surface area contributed by atoms with E-state index in [1.807, 2.05) is 18.2 Å². The minimum atomic E-state index is 0.0385. The molecule has 18 heavy (non-hydrogen) atoms. The molecule has 2 aliphatic rings. The molecule has 2 N–H and O–H groups in total. The maximum absolute atomic E-state index is 12.1. The molecule has 3 rings (SSSR count). The number of carbonyl (C=O) groups excluding carboxylic acids is 1. The van der Waals surface area contributed by atoms with Gasteiger partial charge in [-0.05, 0) is 36.1 Å². The maximum Gasteiger partial charge on any atom is 0.251 e. The van der Waals surface area contributed by atoms with Gasteiger partial charge in [-0.25, -0.2) is 0 Å². The molecule has 2 aliphatic heterocycles. The molecule has 0 aliphatic carbocycles. The van der Waals surface area contributed by atoms with Crippen LogP contribution in [0.5, 0.6) is 0 Å². The molecule has 0 unspecified atom stereocenters. The number of carbonyl (C=O) groups is 1. The number of rotatable bonds is 2. The number of benzene rings is 1. The van der Waals surface area contributed by atoms with Crippen LogP contribution in [0.1, 0.15) is 34.3 Å². The van der Waals surface area contributed by atoms with Gasteiger partial charge in [0.2, 0.25) is 0 Å². The first-order chi connectivity index (χ1) is 8.83. The second-order valence-electron chi connectivity index (χ2n) is 4.95. The van der Waals surface area contributed by atoms with Crippen molar-refractivity contribution in [2.75, 3.05) is 13.2 Å². The predicted molar refractivity (Wildman–Crippen MR) is 68.3 cm³/mol. The summed E-state index contributed by atoms with van der Waals surface area (Å²) in [4.78, 5) is 12.1. The van der Waals surface area contributed by atoms with Crippen LogP contribution in [-0.2, 0) is 17.8 Å². The first-order valence-electron chi connectivity index (χ1n) is 6.54. The van der Waals surface area contributed by atoms with Crippen LogP contribution in [0.3, 0.4) is 0 Å². The van der Waals surface area contributed by atoms with E-state index in [1.165, 1.54) is 11.1 Å². The second kappa shape index (κ2) is 5.08. The lowest BCUT2D eigenvalue weighted by molar-refractivity contribution is 0.0696. The van der Waals surface area contributed by atoms with Crippen LogP contribution in [-0.4, -0.2) is 25.2 Å². The standard InChI is InChI=1S/C14H18N2O2/c17-14(16-13-3-5-18-6-4-13)10-1-2-11-8-15-9-12(11)7-10/h1-2,7,13,15H,3-6,8-9H2,(H,16,17). The Morgan fingerprint density at radius 1 is 1.22 bits per heavy atom. The van der Waals surface area contributed by atoms with Gasteiger partial charge < -0.3 is 15.4 Å². The van der Waals surface area contributed by atoms with E-state index in [-0.39, 0.29) is 11.9 Å². The van der Waals surface area contributed by atoms with Crippen LogP contribution in [0.15, 0.2) is 18.2 Å². The van der Waals surface area contributed by atoms with Crippen LogP contribution in [0, 0.1) is 0 Å². The molecule has 4 nitrogen and oxygen atoms in total. The first-order valence-corrected chi connectivity index (χ1v) is 6.54. The van der Waals surface area contributed by atoms with Crippen molar-refractivity contribution in [3.63, 3.8) is 0 Å². The molecule has 0 radical (unpaired) electrons. The third-order valence-electron chi connectivity index (χ3n) is 3.66. The van der Waals surface area contributed by atoms with Gasteiger partial charge in [-0.3, -0.25) is 4.79 Å². The van der Waals surface area contributed by atoms with E-state index in [4.69, 9.17) is 4.74 Å². The number of nitrogens with one attached hydrogen (secondary N) is 2. The summed E-state index contributed by atoms with van der Waals surface area (Å²) < 4.78 is 5.29. The lowest BCUT2D eigenvalue weighted by Gasteiger charge is -2.23. The van der Waals surface area contributed by atoms with Gasteiger partial charge in [-0.1, -0.05) is 6.07 Å². The topological polar surface area (TPSA) is 50.4 Å². The lowest BCUT2D eigenvalue weighted by Crippen LogP contribution is -2.38. The molecular formula is C14H18N2O2. The zero-order chi connectivity index (χ0) is 12.4. The number of fused-ring (bicyclic) bond motifs is 1. The number of ether oxygens (including phenoxy) is 1. The summed E-state index contributed by atoms with van der Waals surface area (Å²) >= 11 is 0. The molecule has 4 heteroatoms. The fraction of sp³-hybridized carbons (Fsp3) is 0.500. The van der Waals surface area contributed by atoms with E-state index in [1.54, 1.807) is 0 Å². The van der Waals surface area contributed by atoms with E-state index >= 15 is 0 Å². The molecule has 96 valence electrons. The molecule has 1 aromatic carbocycles.